The third-order valence-electron chi connectivity index (χ3n) is 5.51. The van der Waals surface area contributed by atoms with E-state index in [4.69, 9.17) is 9.47 Å². The van der Waals surface area contributed by atoms with Gasteiger partial charge in [0.25, 0.3) is 0 Å². The molecule has 0 aliphatic heterocycles. The van der Waals surface area contributed by atoms with E-state index in [9.17, 15) is 4.39 Å². The number of ether oxygens (including phenoxy) is 2. The monoisotopic (exact) mass is 462 g/mol. The van der Waals surface area contributed by atoms with E-state index in [-0.39, 0.29) is 5.82 Å². The van der Waals surface area contributed by atoms with E-state index < -0.39 is 0 Å². The van der Waals surface area contributed by atoms with Crippen LogP contribution >= 0.6 is 0 Å². The van der Waals surface area contributed by atoms with Gasteiger partial charge in [-0.25, -0.2) is 9.37 Å². The Morgan fingerprint density at radius 2 is 1.60 bits per heavy atom. The minimum Gasteiger partial charge on any atom is -0.487 e. The number of pyridine rings is 2. The normalized spacial score (nSPS) is 11.4. The average molecular weight is 463 g/mol. The summed E-state index contributed by atoms with van der Waals surface area (Å²) < 4.78 is 25.3. The lowest BCUT2D eigenvalue weighted by molar-refractivity contribution is 0.302. The molecular formula is C30H23FN2O2. The maximum atomic E-state index is 13.4. The van der Waals surface area contributed by atoms with E-state index in [0.717, 1.165) is 39.0 Å². The number of halogens is 1. The molecule has 0 aliphatic rings. The first kappa shape index (κ1) is 22.3. The summed E-state index contributed by atoms with van der Waals surface area (Å²) in [5, 5.41) is 1.11. The van der Waals surface area contributed by atoms with E-state index >= 15 is 0 Å². The fraction of sp³-hybridized carbons (Fsp3) is 0.0667. The largest absolute Gasteiger partial charge is 0.487 e. The lowest BCUT2D eigenvalue weighted by Gasteiger charge is -2.12. The van der Waals surface area contributed by atoms with Gasteiger partial charge in [-0.3, -0.25) is 4.98 Å². The number of hydrogen-bond acceptors (Lipinski definition) is 4. The second-order valence-electron chi connectivity index (χ2n) is 8.01. The third kappa shape index (κ3) is 5.89. The molecule has 0 aliphatic carbocycles. The minimum absolute atomic E-state index is 0.266. The molecule has 0 fully saturated rings. The second kappa shape index (κ2) is 10.6. The van der Waals surface area contributed by atoms with Crippen molar-refractivity contribution in [2.45, 2.75) is 6.61 Å². The van der Waals surface area contributed by atoms with Crippen molar-refractivity contribution < 1.29 is 13.9 Å². The number of hydrogen-bond donors (Lipinski definition) is 0. The quantitative estimate of drug-likeness (QED) is 0.234. The molecule has 0 saturated carbocycles. The molecule has 0 N–H and O–H groups in total. The highest BCUT2D eigenvalue weighted by molar-refractivity contribution is 5.82. The van der Waals surface area contributed by atoms with E-state index in [0.29, 0.717) is 19.0 Å². The van der Waals surface area contributed by atoms with Crippen molar-refractivity contribution in [1.82, 2.24) is 9.97 Å². The van der Waals surface area contributed by atoms with Gasteiger partial charge in [-0.2, -0.15) is 0 Å². The molecule has 172 valence electrons. The topological polar surface area (TPSA) is 44.2 Å². The molecule has 0 atom stereocenters. The minimum atomic E-state index is -0.266. The molecule has 0 amide bonds. The van der Waals surface area contributed by atoms with Gasteiger partial charge in [0, 0.05) is 11.6 Å². The first-order chi connectivity index (χ1) is 17.2. The van der Waals surface area contributed by atoms with Crippen LogP contribution in [0.25, 0.3) is 22.6 Å². The molecule has 5 rings (SSSR count). The van der Waals surface area contributed by atoms with Gasteiger partial charge >= 0.3 is 0 Å². The van der Waals surface area contributed by atoms with Crippen LogP contribution in [0.4, 0.5) is 4.39 Å². The molecule has 35 heavy (non-hydrogen) atoms. The Bertz CT molecular complexity index is 1430. The molecule has 0 unspecified atom stereocenters. The van der Waals surface area contributed by atoms with Crippen LogP contribution in [0.1, 0.15) is 16.8 Å². The molecule has 0 radical (unpaired) electrons. The standard InChI is InChI=1S/C30H23FN2O2/c31-26-12-7-22(8-13-26)18-25(20-34-29-5-3-17-32-19-29)23-10-15-28(16-11-23)35-21-27-14-9-24-4-1-2-6-30(24)33-27/h1-19H,20-21H2/b25-18+. The number of fused-ring (bicyclic) bond motifs is 1. The molecule has 2 aromatic heterocycles. The summed E-state index contributed by atoms with van der Waals surface area (Å²) in [5.74, 6) is 1.16. The van der Waals surface area contributed by atoms with Crippen molar-refractivity contribution in [3.8, 4) is 11.5 Å². The maximum absolute atomic E-state index is 13.4. The van der Waals surface area contributed by atoms with Gasteiger partial charge < -0.3 is 9.47 Å². The smallest absolute Gasteiger partial charge is 0.138 e. The third-order valence-corrected chi connectivity index (χ3v) is 5.51. The van der Waals surface area contributed by atoms with Crippen LogP contribution in [0, 0.1) is 5.82 Å². The van der Waals surface area contributed by atoms with Gasteiger partial charge in [-0.15, -0.1) is 0 Å². The first-order valence-corrected chi connectivity index (χ1v) is 11.3. The predicted octanol–water partition coefficient (Wildman–Crippen LogP) is 6.97. The molecular weight excluding hydrogens is 439 g/mol. The maximum Gasteiger partial charge on any atom is 0.138 e. The summed E-state index contributed by atoms with van der Waals surface area (Å²) in [6.07, 6.45) is 5.37. The van der Waals surface area contributed by atoms with Gasteiger partial charge in [0.1, 0.15) is 30.5 Å². The van der Waals surface area contributed by atoms with Crippen molar-refractivity contribution in [3.63, 3.8) is 0 Å². The first-order valence-electron chi connectivity index (χ1n) is 11.3. The molecule has 4 nitrogen and oxygen atoms in total. The van der Waals surface area contributed by atoms with Crippen molar-refractivity contribution in [2.75, 3.05) is 6.61 Å². The van der Waals surface area contributed by atoms with Crippen molar-refractivity contribution in [2.24, 2.45) is 0 Å². The van der Waals surface area contributed by atoms with E-state index in [1.165, 1.54) is 12.1 Å². The summed E-state index contributed by atoms with van der Waals surface area (Å²) >= 11 is 0. The van der Waals surface area contributed by atoms with Crippen molar-refractivity contribution in [1.29, 1.82) is 0 Å². The van der Waals surface area contributed by atoms with Crippen LogP contribution in [0.2, 0.25) is 0 Å². The molecule has 0 bridgehead atoms. The van der Waals surface area contributed by atoms with Gasteiger partial charge in [-0.1, -0.05) is 48.5 Å². The average Bonchev–Trinajstić information content (AvgIpc) is 2.92. The van der Waals surface area contributed by atoms with Crippen LogP contribution < -0.4 is 9.47 Å². The number of nitrogens with zero attached hydrogens (tertiary/aromatic N) is 2. The van der Waals surface area contributed by atoms with Gasteiger partial charge in [0.15, 0.2) is 0 Å². The number of para-hydroxylation sites is 1. The molecule has 5 aromatic rings. The Morgan fingerprint density at radius 3 is 2.40 bits per heavy atom. The number of benzene rings is 3. The van der Waals surface area contributed by atoms with Crippen LogP contribution in [0.5, 0.6) is 11.5 Å². The number of rotatable bonds is 8. The zero-order valence-corrected chi connectivity index (χ0v) is 19.0. The van der Waals surface area contributed by atoms with E-state index in [2.05, 4.69) is 16.0 Å². The Kier molecular flexibility index (Phi) is 6.76. The molecule has 0 spiro atoms. The fourth-order valence-electron chi connectivity index (χ4n) is 3.67. The Morgan fingerprint density at radius 1 is 0.771 bits per heavy atom. The van der Waals surface area contributed by atoms with Crippen LogP contribution in [0.15, 0.2) is 109 Å². The number of aromatic nitrogens is 2. The van der Waals surface area contributed by atoms with Gasteiger partial charge in [-0.05, 0) is 71.3 Å². The van der Waals surface area contributed by atoms with Gasteiger partial charge in [0.2, 0.25) is 0 Å². The second-order valence-corrected chi connectivity index (χ2v) is 8.01. The highest BCUT2D eigenvalue weighted by atomic mass is 19.1. The molecule has 5 heteroatoms. The Hall–Kier alpha value is -4.51. The van der Waals surface area contributed by atoms with E-state index in [1.54, 1.807) is 24.5 Å². The fourth-order valence-corrected chi connectivity index (χ4v) is 3.67. The summed E-state index contributed by atoms with van der Waals surface area (Å²) in [5.41, 5.74) is 4.64. The Balaban J connectivity index is 1.32. The van der Waals surface area contributed by atoms with Crippen molar-refractivity contribution in [3.05, 3.63) is 132 Å². The van der Waals surface area contributed by atoms with E-state index in [1.807, 2.05) is 72.8 Å². The summed E-state index contributed by atoms with van der Waals surface area (Å²) in [6.45, 7) is 0.719. The highest BCUT2D eigenvalue weighted by Crippen LogP contribution is 2.24. The summed E-state index contributed by atoms with van der Waals surface area (Å²) in [7, 11) is 0. The molecule has 0 saturated heterocycles. The van der Waals surface area contributed by atoms with Crippen LogP contribution in [-0.4, -0.2) is 16.6 Å². The van der Waals surface area contributed by atoms with Gasteiger partial charge in [0.05, 0.1) is 17.4 Å². The highest BCUT2D eigenvalue weighted by Gasteiger charge is 2.07. The lowest BCUT2D eigenvalue weighted by Crippen LogP contribution is -2.02. The lowest BCUT2D eigenvalue weighted by atomic mass is 10.0. The summed E-state index contributed by atoms with van der Waals surface area (Å²) in [6, 6.07) is 30.0. The zero-order valence-electron chi connectivity index (χ0n) is 19.0. The zero-order chi connectivity index (χ0) is 23.9. The van der Waals surface area contributed by atoms with Crippen LogP contribution in [0.3, 0.4) is 0 Å². The van der Waals surface area contributed by atoms with Crippen molar-refractivity contribution >= 4 is 22.6 Å². The SMILES string of the molecule is Fc1ccc(/C=C(\COc2cccnc2)c2ccc(OCc3ccc4ccccc4n3)cc2)cc1. The Labute approximate surface area is 203 Å². The summed E-state index contributed by atoms with van der Waals surface area (Å²) in [4.78, 5) is 8.75. The van der Waals surface area contributed by atoms with Crippen LogP contribution in [-0.2, 0) is 6.61 Å². The molecule has 2 heterocycles. The predicted molar refractivity (Wildman–Crippen MR) is 137 cm³/mol. The molecule has 3 aromatic carbocycles.